The molecule has 0 unspecified atom stereocenters. The van der Waals surface area contributed by atoms with E-state index < -0.39 is 0 Å². The van der Waals surface area contributed by atoms with Crippen molar-refractivity contribution in [2.45, 2.75) is 52.5 Å². The molecule has 0 spiro atoms. The van der Waals surface area contributed by atoms with E-state index in [2.05, 4.69) is 50.2 Å². The van der Waals surface area contributed by atoms with Crippen LogP contribution in [-0.2, 0) is 0 Å². The fourth-order valence-corrected chi connectivity index (χ4v) is 3.22. The Morgan fingerprint density at radius 2 is 1.72 bits per heavy atom. The molecule has 0 aromatic rings. The van der Waals surface area contributed by atoms with Crippen molar-refractivity contribution < 1.29 is 0 Å². The van der Waals surface area contributed by atoms with E-state index in [0.29, 0.717) is 0 Å². The first-order chi connectivity index (χ1) is 8.52. The van der Waals surface area contributed by atoms with Gasteiger partial charge in [-0.3, -0.25) is 5.43 Å². The summed E-state index contributed by atoms with van der Waals surface area (Å²) in [4.78, 5) is 2.58. The Bertz CT molecular complexity index is 210. The molecule has 1 saturated carbocycles. The van der Waals surface area contributed by atoms with Gasteiger partial charge in [-0.1, -0.05) is 20.8 Å². The number of nitrogens with one attached hydrogen (secondary N) is 1. The normalized spacial score (nSPS) is 25.3. The number of hydrogen-bond acceptors (Lipinski definition) is 3. The van der Waals surface area contributed by atoms with Crippen LogP contribution in [0, 0.1) is 11.8 Å². The third kappa shape index (κ3) is 5.68. The summed E-state index contributed by atoms with van der Waals surface area (Å²) < 4.78 is 0. The van der Waals surface area contributed by atoms with Gasteiger partial charge in [0.1, 0.15) is 0 Å². The lowest BCUT2D eigenvalue weighted by molar-refractivity contribution is 0.122. The zero-order valence-electron chi connectivity index (χ0n) is 13.1. The molecule has 1 aliphatic carbocycles. The van der Waals surface area contributed by atoms with Crippen molar-refractivity contribution in [3.63, 3.8) is 0 Å². The van der Waals surface area contributed by atoms with Gasteiger partial charge in [-0.15, -0.1) is 0 Å². The Hall–Kier alpha value is -0.120. The first kappa shape index (κ1) is 15.9. The van der Waals surface area contributed by atoms with Crippen LogP contribution in [0.4, 0.5) is 0 Å². The van der Waals surface area contributed by atoms with Crippen molar-refractivity contribution in [3.8, 4) is 0 Å². The highest BCUT2D eigenvalue weighted by Gasteiger charge is 2.24. The van der Waals surface area contributed by atoms with Crippen LogP contribution in [0.3, 0.4) is 0 Å². The summed E-state index contributed by atoms with van der Waals surface area (Å²) in [6, 6.07) is 0.827. The summed E-state index contributed by atoms with van der Waals surface area (Å²) in [6.45, 7) is 10.3. The van der Waals surface area contributed by atoms with E-state index in [9.17, 15) is 0 Å². The number of rotatable bonds is 7. The predicted molar refractivity (Wildman–Crippen MR) is 79.5 cm³/mol. The van der Waals surface area contributed by atoms with Crippen LogP contribution in [0.15, 0.2) is 0 Å². The second-order valence-corrected chi connectivity index (χ2v) is 6.40. The Labute approximate surface area is 114 Å². The number of nitrogens with zero attached hydrogens (tertiary/aromatic N) is 2. The van der Waals surface area contributed by atoms with Crippen LogP contribution in [0.25, 0.3) is 0 Å². The molecule has 0 saturated heterocycles. The molecule has 0 atom stereocenters. The van der Waals surface area contributed by atoms with Gasteiger partial charge in [-0.05, 0) is 44.6 Å². The monoisotopic (exact) mass is 255 g/mol. The maximum Gasteiger partial charge on any atom is 0.0156 e. The third-order valence-electron chi connectivity index (χ3n) is 4.05. The molecular formula is C15H33N3. The van der Waals surface area contributed by atoms with Crippen LogP contribution in [-0.4, -0.2) is 49.7 Å². The van der Waals surface area contributed by atoms with Crippen LogP contribution in [0.1, 0.15) is 46.5 Å². The molecule has 1 rings (SSSR count). The molecule has 1 N–H and O–H groups in total. The van der Waals surface area contributed by atoms with Crippen molar-refractivity contribution in [3.05, 3.63) is 0 Å². The van der Waals surface area contributed by atoms with Crippen molar-refractivity contribution in [1.29, 1.82) is 0 Å². The molecule has 1 aliphatic rings. The van der Waals surface area contributed by atoms with E-state index in [4.69, 9.17) is 0 Å². The fraction of sp³-hybridized carbons (Fsp3) is 1.00. The van der Waals surface area contributed by atoms with Gasteiger partial charge in [0.25, 0.3) is 0 Å². The van der Waals surface area contributed by atoms with Crippen LogP contribution in [0.5, 0.6) is 0 Å². The summed E-state index contributed by atoms with van der Waals surface area (Å²) in [5, 5.41) is 2.27. The fourth-order valence-electron chi connectivity index (χ4n) is 3.22. The molecule has 0 aromatic carbocycles. The van der Waals surface area contributed by atoms with Gasteiger partial charge in [0.2, 0.25) is 0 Å². The summed E-state index contributed by atoms with van der Waals surface area (Å²) in [5.41, 5.74) is 3.38. The highest BCUT2D eigenvalue weighted by Crippen LogP contribution is 2.27. The molecule has 108 valence electrons. The first-order valence-electron chi connectivity index (χ1n) is 7.67. The van der Waals surface area contributed by atoms with Crippen molar-refractivity contribution >= 4 is 0 Å². The van der Waals surface area contributed by atoms with E-state index in [1.54, 1.807) is 0 Å². The molecule has 3 heteroatoms. The predicted octanol–water partition coefficient (Wildman–Crippen LogP) is 2.59. The van der Waals surface area contributed by atoms with E-state index in [-0.39, 0.29) is 0 Å². The lowest BCUT2D eigenvalue weighted by Crippen LogP contribution is -2.41. The zero-order valence-corrected chi connectivity index (χ0v) is 13.1. The van der Waals surface area contributed by atoms with Gasteiger partial charge in [-0.25, -0.2) is 5.01 Å². The van der Waals surface area contributed by atoms with Crippen molar-refractivity contribution in [1.82, 2.24) is 15.3 Å². The van der Waals surface area contributed by atoms with Gasteiger partial charge in [-0.2, -0.15) is 0 Å². The van der Waals surface area contributed by atoms with E-state index in [1.165, 1.54) is 38.8 Å². The standard InChI is InChI=1S/C15H33N3/c1-6-16-18(5)12-14-7-9-15(10-8-14)17(4)11-13(2)3/h13-16H,6-12H2,1-5H3. The molecule has 0 aliphatic heterocycles. The third-order valence-corrected chi connectivity index (χ3v) is 4.05. The molecule has 0 amide bonds. The Kier molecular flexibility index (Phi) is 7.20. The van der Waals surface area contributed by atoms with Gasteiger partial charge < -0.3 is 4.90 Å². The smallest absolute Gasteiger partial charge is 0.0156 e. The molecule has 3 nitrogen and oxygen atoms in total. The largest absolute Gasteiger partial charge is 0.303 e. The SMILES string of the molecule is CCNN(C)CC1CCC(N(C)CC(C)C)CC1. The zero-order chi connectivity index (χ0) is 13.5. The molecule has 0 aromatic heterocycles. The molecular weight excluding hydrogens is 222 g/mol. The lowest BCUT2D eigenvalue weighted by Gasteiger charge is -2.36. The Balaban J connectivity index is 2.23. The molecule has 0 heterocycles. The van der Waals surface area contributed by atoms with E-state index in [0.717, 1.165) is 24.4 Å². The average Bonchev–Trinajstić information content (AvgIpc) is 2.29. The van der Waals surface area contributed by atoms with Gasteiger partial charge in [0.15, 0.2) is 0 Å². The first-order valence-corrected chi connectivity index (χ1v) is 7.67. The molecule has 18 heavy (non-hydrogen) atoms. The maximum atomic E-state index is 3.38. The quantitative estimate of drug-likeness (QED) is 0.706. The summed E-state index contributed by atoms with van der Waals surface area (Å²) in [6.07, 6.45) is 5.55. The van der Waals surface area contributed by atoms with Gasteiger partial charge in [0, 0.05) is 32.7 Å². The topological polar surface area (TPSA) is 18.5 Å². The summed E-state index contributed by atoms with van der Waals surface area (Å²) in [5.74, 6) is 1.67. The van der Waals surface area contributed by atoms with Gasteiger partial charge >= 0.3 is 0 Å². The highest BCUT2D eigenvalue weighted by atomic mass is 15.5. The minimum atomic E-state index is 0.785. The number of hydrazine groups is 1. The maximum absolute atomic E-state index is 3.38. The second-order valence-electron chi connectivity index (χ2n) is 6.40. The Morgan fingerprint density at radius 1 is 1.11 bits per heavy atom. The molecule has 1 fully saturated rings. The van der Waals surface area contributed by atoms with Crippen molar-refractivity contribution in [2.24, 2.45) is 11.8 Å². The molecule has 0 radical (unpaired) electrons. The van der Waals surface area contributed by atoms with Crippen LogP contribution in [0.2, 0.25) is 0 Å². The van der Waals surface area contributed by atoms with E-state index >= 15 is 0 Å². The minimum absolute atomic E-state index is 0.785. The van der Waals surface area contributed by atoms with Gasteiger partial charge in [0.05, 0.1) is 0 Å². The highest BCUT2D eigenvalue weighted by molar-refractivity contribution is 4.79. The average molecular weight is 255 g/mol. The Morgan fingerprint density at radius 3 is 2.22 bits per heavy atom. The molecule has 0 bridgehead atoms. The minimum Gasteiger partial charge on any atom is -0.303 e. The summed E-state index contributed by atoms with van der Waals surface area (Å²) >= 11 is 0. The van der Waals surface area contributed by atoms with E-state index in [1.807, 2.05) is 0 Å². The van der Waals surface area contributed by atoms with Crippen LogP contribution >= 0.6 is 0 Å². The second kappa shape index (κ2) is 8.13. The van der Waals surface area contributed by atoms with Crippen molar-refractivity contribution in [2.75, 3.05) is 33.7 Å². The summed E-state index contributed by atoms with van der Waals surface area (Å²) in [7, 11) is 4.47. The number of hydrogen-bond donors (Lipinski definition) is 1. The lowest BCUT2D eigenvalue weighted by atomic mass is 9.85. The van der Waals surface area contributed by atoms with Crippen LogP contribution < -0.4 is 5.43 Å².